The Balaban J connectivity index is 1.40. The van der Waals surface area contributed by atoms with Gasteiger partial charge in [0, 0.05) is 37.2 Å². The lowest BCUT2D eigenvalue weighted by Gasteiger charge is -2.45. The van der Waals surface area contributed by atoms with Gasteiger partial charge in [-0.05, 0) is 55.3 Å². The molecule has 0 radical (unpaired) electrons. The molecule has 0 unspecified atom stereocenters. The molecule has 0 saturated carbocycles. The first-order valence-electron chi connectivity index (χ1n) is 11.0. The normalized spacial score (nSPS) is 16.4. The number of hydrogen-bond donors (Lipinski definition) is 0. The van der Waals surface area contributed by atoms with E-state index in [1.54, 1.807) is 7.11 Å². The van der Waals surface area contributed by atoms with Crippen LogP contribution in [0.3, 0.4) is 0 Å². The molecule has 31 heavy (non-hydrogen) atoms. The van der Waals surface area contributed by atoms with Crippen molar-refractivity contribution in [2.75, 3.05) is 20.2 Å². The van der Waals surface area contributed by atoms with Gasteiger partial charge in [-0.1, -0.05) is 25.1 Å². The summed E-state index contributed by atoms with van der Waals surface area (Å²) in [6.07, 6.45) is 2.41. The number of hydrogen-bond acceptors (Lipinski definition) is 3. The summed E-state index contributed by atoms with van der Waals surface area (Å²) in [5.41, 5.74) is 4.87. The molecule has 3 heterocycles. The van der Waals surface area contributed by atoms with E-state index in [4.69, 9.17) is 9.47 Å². The Bertz CT molecular complexity index is 1140. The van der Waals surface area contributed by atoms with Gasteiger partial charge in [0.05, 0.1) is 18.5 Å². The third-order valence-electron chi connectivity index (χ3n) is 6.73. The number of carbonyl (C=O) groups excluding carboxylic acids is 1. The van der Waals surface area contributed by atoms with Gasteiger partial charge in [0.2, 0.25) is 0 Å². The minimum Gasteiger partial charge on any atom is -0.496 e. The zero-order valence-electron chi connectivity index (χ0n) is 18.4. The monoisotopic (exact) mass is 416 g/mol. The number of para-hydroxylation sites is 2. The summed E-state index contributed by atoms with van der Waals surface area (Å²) in [6, 6.07) is 18.3. The molecule has 5 rings (SSSR count). The van der Waals surface area contributed by atoms with E-state index < -0.39 is 5.60 Å². The van der Waals surface area contributed by atoms with Crippen molar-refractivity contribution in [2.45, 2.75) is 38.7 Å². The molecule has 0 bridgehead atoms. The van der Waals surface area contributed by atoms with E-state index in [1.165, 1.54) is 11.4 Å². The number of carbonyl (C=O) groups is 1. The van der Waals surface area contributed by atoms with Crippen LogP contribution in [0.2, 0.25) is 0 Å². The summed E-state index contributed by atoms with van der Waals surface area (Å²) in [5, 5.41) is 0. The van der Waals surface area contributed by atoms with Gasteiger partial charge in [-0.2, -0.15) is 0 Å². The van der Waals surface area contributed by atoms with Crippen molar-refractivity contribution in [2.24, 2.45) is 0 Å². The van der Waals surface area contributed by atoms with Gasteiger partial charge in [0.25, 0.3) is 5.91 Å². The van der Waals surface area contributed by atoms with E-state index in [9.17, 15) is 4.79 Å². The molecular formula is C26H28N2O3. The van der Waals surface area contributed by atoms with Gasteiger partial charge in [-0.15, -0.1) is 0 Å². The van der Waals surface area contributed by atoms with E-state index in [-0.39, 0.29) is 5.91 Å². The molecule has 2 aliphatic heterocycles. The van der Waals surface area contributed by atoms with E-state index in [0.29, 0.717) is 18.7 Å². The highest BCUT2D eigenvalue weighted by atomic mass is 16.5. The fraction of sp³-hybridized carbons (Fsp3) is 0.346. The lowest BCUT2D eigenvalue weighted by molar-refractivity contribution is -0.00947. The van der Waals surface area contributed by atoms with Crippen LogP contribution in [-0.4, -0.2) is 35.6 Å². The number of amides is 1. The van der Waals surface area contributed by atoms with Crippen LogP contribution in [0.25, 0.3) is 5.69 Å². The maximum Gasteiger partial charge on any atom is 0.253 e. The van der Waals surface area contributed by atoms with Crippen molar-refractivity contribution in [1.29, 1.82) is 0 Å². The van der Waals surface area contributed by atoms with Gasteiger partial charge >= 0.3 is 0 Å². The predicted octanol–water partition coefficient (Wildman–Crippen LogP) is 4.88. The summed E-state index contributed by atoms with van der Waals surface area (Å²) in [7, 11) is 1.66. The molecular weight excluding hydrogens is 388 g/mol. The number of aryl methyl sites for hydroxylation is 2. The summed E-state index contributed by atoms with van der Waals surface area (Å²) in [5.74, 6) is 1.75. The third kappa shape index (κ3) is 3.11. The number of rotatable bonds is 3. The number of methoxy groups -OCH3 is 1. The Morgan fingerprint density at radius 1 is 1.10 bits per heavy atom. The van der Waals surface area contributed by atoms with E-state index in [1.807, 2.05) is 41.3 Å². The molecule has 1 saturated heterocycles. The number of ether oxygens (including phenoxy) is 2. The molecule has 2 aliphatic rings. The third-order valence-corrected chi connectivity index (χ3v) is 6.73. The average molecular weight is 417 g/mol. The molecule has 3 aromatic rings. The molecule has 0 atom stereocenters. The number of benzene rings is 2. The van der Waals surface area contributed by atoms with Crippen molar-refractivity contribution in [3.8, 4) is 17.2 Å². The number of aromatic nitrogens is 1. The minimum absolute atomic E-state index is 0.0542. The Kier molecular flexibility index (Phi) is 4.77. The first kappa shape index (κ1) is 19.7. The Hall–Kier alpha value is -3.21. The average Bonchev–Trinajstić information content (AvgIpc) is 3.21. The first-order valence-corrected chi connectivity index (χ1v) is 11.0. The number of nitrogens with zero attached hydrogens (tertiary/aromatic N) is 2. The molecule has 1 spiro atoms. The predicted molar refractivity (Wildman–Crippen MR) is 120 cm³/mol. The molecule has 1 fully saturated rings. The molecule has 2 aromatic carbocycles. The Morgan fingerprint density at radius 2 is 1.87 bits per heavy atom. The van der Waals surface area contributed by atoms with Crippen LogP contribution < -0.4 is 9.47 Å². The van der Waals surface area contributed by atoms with E-state index in [2.05, 4.69) is 36.6 Å². The Morgan fingerprint density at radius 3 is 2.61 bits per heavy atom. The van der Waals surface area contributed by atoms with Crippen LogP contribution in [0.15, 0.2) is 54.6 Å². The van der Waals surface area contributed by atoms with E-state index >= 15 is 0 Å². The van der Waals surface area contributed by atoms with Crippen molar-refractivity contribution >= 4 is 5.91 Å². The van der Waals surface area contributed by atoms with Crippen LogP contribution in [0.5, 0.6) is 11.5 Å². The van der Waals surface area contributed by atoms with Crippen molar-refractivity contribution in [1.82, 2.24) is 9.47 Å². The number of piperidine rings is 1. The fourth-order valence-corrected chi connectivity index (χ4v) is 4.99. The van der Waals surface area contributed by atoms with Crippen LogP contribution in [0.4, 0.5) is 0 Å². The highest BCUT2D eigenvalue weighted by molar-refractivity contribution is 5.94. The Labute approximate surface area is 183 Å². The topological polar surface area (TPSA) is 43.7 Å². The lowest BCUT2D eigenvalue weighted by Crippen LogP contribution is -2.50. The summed E-state index contributed by atoms with van der Waals surface area (Å²) in [4.78, 5) is 15.2. The molecule has 1 aromatic heterocycles. The van der Waals surface area contributed by atoms with Gasteiger partial charge in [0.1, 0.15) is 11.5 Å². The minimum atomic E-state index is -0.400. The van der Waals surface area contributed by atoms with Gasteiger partial charge in [-0.25, -0.2) is 0 Å². The zero-order valence-corrected chi connectivity index (χ0v) is 18.4. The van der Waals surface area contributed by atoms with Gasteiger partial charge in [-0.3, -0.25) is 4.79 Å². The van der Waals surface area contributed by atoms with E-state index in [0.717, 1.165) is 42.0 Å². The van der Waals surface area contributed by atoms with Gasteiger partial charge < -0.3 is 18.9 Å². The second kappa shape index (κ2) is 7.49. The molecule has 5 nitrogen and oxygen atoms in total. The SMILES string of the molecule is CCc1ccc(C(=O)N2CCC3(CC2)Oc2ccccc2-n2c(C)ccc23)cc1OC. The number of likely N-dealkylation sites (tertiary alicyclic amines) is 1. The second-order valence-electron chi connectivity index (χ2n) is 8.43. The van der Waals surface area contributed by atoms with Crippen molar-refractivity contribution in [3.63, 3.8) is 0 Å². The highest BCUT2D eigenvalue weighted by Gasteiger charge is 2.45. The van der Waals surface area contributed by atoms with Crippen LogP contribution in [0.1, 0.15) is 47.1 Å². The smallest absolute Gasteiger partial charge is 0.253 e. The van der Waals surface area contributed by atoms with Crippen molar-refractivity contribution < 1.29 is 14.3 Å². The van der Waals surface area contributed by atoms with Crippen LogP contribution >= 0.6 is 0 Å². The summed E-state index contributed by atoms with van der Waals surface area (Å²) >= 11 is 0. The molecule has 0 N–H and O–H groups in total. The molecule has 0 aliphatic carbocycles. The number of fused-ring (bicyclic) bond motifs is 4. The largest absolute Gasteiger partial charge is 0.496 e. The maximum absolute atomic E-state index is 13.2. The molecule has 160 valence electrons. The maximum atomic E-state index is 13.2. The molecule has 5 heteroatoms. The summed E-state index contributed by atoms with van der Waals surface area (Å²) in [6.45, 7) is 5.53. The highest BCUT2D eigenvalue weighted by Crippen LogP contribution is 2.45. The zero-order chi connectivity index (χ0) is 21.6. The van der Waals surface area contributed by atoms with Crippen LogP contribution in [-0.2, 0) is 12.0 Å². The molecule has 1 amide bonds. The lowest BCUT2D eigenvalue weighted by atomic mass is 9.86. The quantitative estimate of drug-likeness (QED) is 0.611. The van der Waals surface area contributed by atoms with Crippen LogP contribution in [0, 0.1) is 6.92 Å². The second-order valence-corrected chi connectivity index (χ2v) is 8.43. The van der Waals surface area contributed by atoms with Crippen molar-refractivity contribution in [3.05, 3.63) is 77.1 Å². The standard InChI is InChI=1S/C26H28N2O3/c1-4-19-10-11-20(17-23(19)30-3)25(29)27-15-13-26(14-16-27)24-12-9-18(2)28(24)21-7-5-6-8-22(21)31-26/h5-12,17H,4,13-16H2,1-3H3. The summed E-state index contributed by atoms with van der Waals surface area (Å²) < 4.78 is 14.4. The van der Waals surface area contributed by atoms with Gasteiger partial charge in [0.15, 0.2) is 5.60 Å². The fourth-order valence-electron chi connectivity index (χ4n) is 4.99. The first-order chi connectivity index (χ1) is 15.1.